The molecule has 32 heavy (non-hydrogen) atoms. The summed E-state index contributed by atoms with van der Waals surface area (Å²) in [5, 5.41) is 7.52. The van der Waals surface area contributed by atoms with Gasteiger partial charge in [-0.2, -0.15) is 0 Å². The summed E-state index contributed by atoms with van der Waals surface area (Å²) in [5.41, 5.74) is 2.94. The number of rotatable bonds is 5. The normalized spacial score (nSPS) is 19.7. The van der Waals surface area contributed by atoms with Gasteiger partial charge in [-0.05, 0) is 66.6 Å². The van der Waals surface area contributed by atoms with Crippen molar-refractivity contribution in [1.82, 2.24) is 5.32 Å². The topological polar surface area (TPSA) is 80.6 Å². The van der Waals surface area contributed by atoms with Crippen molar-refractivity contribution < 1.29 is 18.7 Å². The molecule has 3 heterocycles. The Hall–Kier alpha value is -3.32. The first-order valence-electron chi connectivity index (χ1n) is 10.9. The average molecular weight is 449 g/mol. The van der Waals surface area contributed by atoms with Gasteiger partial charge in [-0.3, -0.25) is 4.79 Å². The molecule has 1 amide bonds. The molecule has 0 fully saturated rings. The number of nitrogens with one attached hydrogen (secondary N) is 2. The molecule has 164 valence electrons. The second kappa shape index (κ2) is 8.67. The molecule has 0 saturated carbocycles. The van der Waals surface area contributed by atoms with E-state index in [1.807, 2.05) is 12.1 Å². The highest BCUT2D eigenvalue weighted by Crippen LogP contribution is 2.43. The molecule has 3 aromatic rings. The average Bonchev–Trinajstić information content (AvgIpc) is 3.45. The van der Waals surface area contributed by atoms with Crippen molar-refractivity contribution in [3.05, 3.63) is 76.1 Å². The molecule has 1 aliphatic heterocycles. The molecular weight excluding hydrogens is 424 g/mol. The lowest BCUT2D eigenvalue weighted by molar-refractivity contribution is -0.128. The second-order valence-electron chi connectivity index (χ2n) is 8.11. The molecule has 1 aliphatic carbocycles. The second-order valence-corrected chi connectivity index (χ2v) is 9.22. The van der Waals surface area contributed by atoms with Crippen LogP contribution in [0.2, 0.25) is 0 Å². The summed E-state index contributed by atoms with van der Waals surface area (Å²) in [6, 6.07) is 10.6. The Bertz CT molecular complexity index is 1160. The number of furan rings is 1. The van der Waals surface area contributed by atoms with Crippen molar-refractivity contribution >= 4 is 34.3 Å². The van der Waals surface area contributed by atoms with Crippen LogP contribution in [0, 0.1) is 5.92 Å². The number of thiophene rings is 1. The highest BCUT2D eigenvalue weighted by atomic mass is 32.1. The van der Waals surface area contributed by atoms with Crippen molar-refractivity contribution in [2.75, 3.05) is 5.32 Å². The zero-order chi connectivity index (χ0) is 22.1. The number of carbonyl (C=O) groups excluding carboxylic acids is 2. The number of esters is 1. The highest BCUT2D eigenvalue weighted by molar-refractivity contribution is 7.16. The number of hydrogen-bond acceptors (Lipinski definition) is 6. The van der Waals surface area contributed by atoms with Gasteiger partial charge in [0, 0.05) is 11.0 Å². The molecule has 7 heteroatoms. The predicted molar refractivity (Wildman–Crippen MR) is 124 cm³/mol. The molecule has 1 aromatic carbocycles. The summed E-state index contributed by atoms with van der Waals surface area (Å²) in [6.07, 6.45) is 8.47. The molecule has 0 radical (unpaired) electrons. The SMILES string of the molecule is CCC1CCc2c(sc3c2C(=O)NC(c2ccc(OC(=O)C=Cc4ccco4)cc2)N3)C1. The Balaban J connectivity index is 1.27. The molecule has 2 aromatic heterocycles. The van der Waals surface area contributed by atoms with E-state index in [1.54, 1.807) is 41.7 Å². The Morgan fingerprint density at radius 2 is 2.09 bits per heavy atom. The van der Waals surface area contributed by atoms with Gasteiger partial charge in [0.15, 0.2) is 0 Å². The number of ether oxygens (including phenoxy) is 1. The van der Waals surface area contributed by atoms with Gasteiger partial charge in [-0.1, -0.05) is 25.5 Å². The van der Waals surface area contributed by atoms with Crippen LogP contribution in [0.3, 0.4) is 0 Å². The van der Waals surface area contributed by atoms with Crippen LogP contribution in [0.15, 0.2) is 53.2 Å². The summed E-state index contributed by atoms with van der Waals surface area (Å²) < 4.78 is 10.5. The zero-order valence-electron chi connectivity index (χ0n) is 17.7. The van der Waals surface area contributed by atoms with Gasteiger partial charge in [-0.25, -0.2) is 4.79 Å². The maximum atomic E-state index is 12.9. The molecule has 5 rings (SSSR count). The number of hydrogen-bond donors (Lipinski definition) is 2. The molecule has 2 N–H and O–H groups in total. The first-order valence-corrected chi connectivity index (χ1v) is 11.7. The summed E-state index contributed by atoms with van der Waals surface area (Å²) in [5.74, 6) is 1.22. The maximum absolute atomic E-state index is 12.9. The lowest BCUT2D eigenvalue weighted by atomic mass is 9.85. The predicted octanol–water partition coefficient (Wildman–Crippen LogP) is 5.33. The summed E-state index contributed by atoms with van der Waals surface area (Å²) in [6.45, 7) is 2.24. The van der Waals surface area contributed by atoms with Crippen molar-refractivity contribution in [3.8, 4) is 5.75 Å². The van der Waals surface area contributed by atoms with Crippen LogP contribution in [-0.4, -0.2) is 11.9 Å². The molecule has 2 unspecified atom stereocenters. The minimum absolute atomic E-state index is 0.0187. The first-order chi connectivity index (χ1) is 15.6. The molecule has 6 nitrogen and oxygen atoms in total. The van der Waals surface area contributed by atoms with E-state index in [-0.39, 0.29) is 12.1 Å². The number of carbonyl (C=O) groups is 2. The standard InChI is InChI=1S/C25H24N2O4S/c1-2-15-5-11-19-20(14-15)32-25-22(19)24(29)26-23(27-25)16-6-8-18(9-7-16)31-21(28)12-10-17-4-3-13-30-17/h3-4,6-10,12-13,15,23,27H,2,5,11,14H2,1H3,(H,26,29). The first kappa shape index (κ1) is 20.6. The van der Waals surface area contributed by atoms with E-state index in [4.69, 9.17) is 9.15 Å². The maximum Gasteiger partial charge on any atom is 0.336 e. The van der Waals surface area contributed by atoms with E-state index < -0.39 is 5.97 Å². The minimum Gasteiger partial charge on any atom is -0.465 e. The van der Waals surface area contributed by atoms with E-state index in [2.05, 4.69) is 17.6 Å². The number of anilines is 1. The van der Waals surface area contributed by atoms with Crippen LogP contribution >= 0.6 is 11.3 Å². The molecule has 0 spiro atoms. The van der Waals surface area contributed by atoms with Gasteiger partial charge in [0.05, 0.1) is 11.8 Å². The van der Waals surface area contributed by atoms with Gasteiger partial charge in [0.25, 0.3) is 5.91 Å². The Morgan fingerprint density at radius 1 is 1.25 bits per heavy atom. The van der Waals surface area contributed by atoms with Crippen LogP contribution in [0.1, 0.15) is 58.1 Å². The number of benzene rings is 1. The smallest absolute Gasteiger partial charge is 0.336 e. The Labute approximate surface area is 190 Å². The van der Waals surface area contributed by atoms with Crippen LogP contribution in [-0.2, 0) is 17.6 Å². The van der Waals surface area contributed by atoms with E-state index in [9.17, 15) is 9.59 Å². The molecular formula is C25H24N2O4S. The third-order valence-corrected chi connectivity index (χ3v) is 7.27. The van der Waals surface area contributed by atoms with E-state index >= 15 is 0 Å². The third kappa shape index (κ3) is 4.08. The van der Waals surface area contributed by atoms with Crippen LogP contribution in [0.4, 0.5) is 5.00 Å². The fourth-order valence-electron chi connectivity index (χ4n) is 4.30. The lowest BCUT2D eigenvalue weighted by Crippen LogP contribution is -2.38. The van der Waals surface area contributed by atoms with E-state index in [0.29, 0.717) is 17.4 Å². The molecule has 0 saturated heterocycles. The van der Waals surface area contributed by atoms with Crippen molar-refractivity contribution in [1.29, 1.82) is 0 Å². The van der Waals surface area contributed by atoms with Gasteiger partial charge in [0.2, 0.25) is 0 Å². The van der Waals surface area contributed by atoms with E-state index in [0.717, 1.165) is 35.4 Å². The Morgan fingerprint density at radius 3 is 2.84 bits per heavy atom. The van der Waals surface area contributed by atoms with Crippen LogP contribution in [0.25, 0.3) is 6.08 Å². The van der Waals surface area contributed by atoms with Crippen molar-refractivity contribution in [2.45, 2.75) is 38.8 Å². The fourth-order valence-corrected chi connectivity index (χ4v) is 5.68. The largest absolute Gasteiger partial charge is 0.465 e. The summed E-state index contributed by atoms with van der Waals surface area (Å²) >= 11 is 1.72. The third-order valence-electron chi connectivity index (χ3n) is 6.08. The zero-order valence-corrected chi connectivity index (χ0v) is 18.5. The van der Waals surface area contributed by atoms with Gasteiger partial charge in [-0.15, -0.1) is 11.3 Å². The van der Waals surface area contributed by atoms with E-state index in [1.165, 1.54) is 29.2 Å². The van der Waals surface area contributed by atoms with Crippen LogP contribution < -0.4 is 15.4 Å². The fraction of sp³-hybridized carbons (Fsp3) is 0.280. The summed E-state index contributed by atoms with van der Waals surface area (Å²) in [7, 11) is 0. The molecule has 2 atom stereocenters. The van der Waals surface area contributed by atoms with Gasteiger partial charge < -0.3 is 19.8 Å². The van der Waals surface area contributed by atoms with Gasteiger partial charge >= 0.3 is 5.97 Å². The highest BCUT2D eigenvalue weighted by Gasteiger charge is 2.33. The number of fused-ring (bicyclic) bond motifs is 3. The van der Waals surface area contributed by atoms with Crippen molar-refractivity contribution in [2.24, 2.45) is 5.92 Å². The van der Waals surface area contributed by atoms with Crippen LogP contribution in [0.5, 0.6) is 5.75 Å². The molecule has 0 bridgehead atoms. The lowest BCUT2D eigenvalue weighted by Gasteiger charge is -2.27. The minimum atomic E-state index is -0.488. The van der Waals surface area contributed by atoms with Gasteiger partial charge in [0.1, 0.15) is 22.7 Å². The monoisotopic (exact) mass is 448 g/mol. The number of amides is 1. The Kier molecular flexibility index (Phi) is 5.57. The van der Waals surface area contributed by atoms with Crippen molar-refractivity contribution in [3.63, 3.8) is 0 Å². The molecule has 2 aliphatic rings. The summed E-state index contributed by atoms with van der Waals surface area (Å²) in [4.78, 5) is 26.3. The quantitative estimate of drug-likeness (QED) is 0.313.